The molecule has 22 heavy (non-hydrogen) atoms. The number of rotatable bonds is 4. The zero-order valence-electron chi connectivity index (χ0n) is 12.5. The van der Waals surface area contributed by atoms with E-state index < -0.39 is 15.8 Å². The van der Waals surface area contributed by atoms with Crippen LogP contribution in [0.5, 0.6) is 0 Å². The van der Waals surface area contributed by atoms with E-state index in [4.69, 9.17) is 0 Å². The number of carbonyl (C=O) groups is 1. The predicted molar refractivity (Wildman–Crippen MR) is 80.4 cm³/mol. The summed E-state index contributed by atoms with van der Waals surface area (Å²) in [5.74, 6) is -0.476. The molecule has 0 aliphatic carbocycles. The van der Waals surface area contributed by atoms with E-state index in [0.717, 1.165) is 18.6 Å². The van der Waals surface area contributed by atoms with E-state index >= 15 is 0 Å². The molecule has 2 rings (SSSR count). The summed E-state index contributed by atoms with van der Waals surface area (Å²) in [6.45, 7) is 3.73. The van der Waals surface area contributed by atoms with Gasteiger partial charge in [-0.2, -0.15) is 4.31 Å². The van der Waals surface area contributed by atoms with Crippen molar-refractivity contribution in [2.24, 2.45) is 0 Å². The minimum Gasteiger partial charge on any atom is -0.338 e. The third-order valence-electron chi connectivity index (χ3n) is 3.50. The normalized spacial score (nSPS) is 16.5. The van der Waals surface area contributed by atoms with Gasteiger partial charge in [-0.1, -0.05) is 6.92 Å². The van der Waals surface area contributed by atoms with Crippen molar-refractivity contribution >= 4 is 16.1 Å². The number of hydrogen-bond acceptors (Lipinski definition) is 3. The van der Waals surface area contributed by atoms with E-state index in [1.54, 1.807) is 4.90 Å². The molecule has 0 radical (unpaired) electrons. The third kappa shape index (κ3) is 3.75. The van der Waals surface area contributed by atoms with Crippen molar-refractivity contribution in [1.82, 2.24) is 14.5 Å². The van der Waals surface area contributed by atoms with Crippen molar-refractivity contribution in [3.8, 4) is 0 Å². The lowest BCUT2D eigenvalue weighted by atomic mass is 10.3. The topological polar surface area (TPSA) is 69.7 Å². The quantitative estimate of drug-likeness (QED) is 0.904. The molecule has 1 aliphatic rings. The number of amides is 2. The number of urea groups is 1. The van der Waals surface area contributed by atoms with Gasteiger partial charge in [0.15, 0.2) is 0 Å². The van der Waals surface area contributed by atoms with Crippen LogP contribution in [0.3, 0.4) is 0 Å². The lowest BCUT2D eigenvalue weighted by Gasteiger charge is -2.34. The average Bonchev–Trinajstić information content (AvgIpc) is 2.53. The minimum absolute atomic E-state index is 0.0674. The molecule has 1 saturated heterocycles. The number of carbonyl (C=O) groups excluding carboxylic acids is 1. The highest BCUT2D eigenvalue weighted by atomic mass is 32.2. The Morgan fingerprint density at radius 1 is 1.18 bits per heavy atom. The van der Waals surface area contributed by atoms with Gasteiger partial charge in [-0.05, 0) is 30.7 Å². The molecular formula is C14H20FN3O3S. The van der Waals surface area contributed by atoms with Gasteiger partial charge < -0.3 is 10.2 Å². The molecule has 2 amide bonds. The zero-order valence-corrected chi connectivity index (χ0v) is 13.3. The van der Waals surface area contributed by atoms with Crippen molar-refractivity contribution in [2.75, 3.05) is 32.7 Å². The highest BCUT2D eigenvalue weighted by Gasteiger charge is 2.29. The second kappa shape index (κ2) is 7.06. The Balaban J connectivity index is 1.98. The second-order valence-corrected chi connectivity index (χ2v) is 7.01. The van der Waals surface area contributed by atoms with Crippen molar-refractivity contribution < 1.29 is 17.6 Å². The standard InChI is InChI=1S/C14H20FN3O3S/c1-2-7-16-14(19)17-8-10-18(11-9-17)22(20,21)13-5-3-12(15)4-6-13/h3-6H,2,7-11H2,1H3,(H,16,19). The van der Waals surface area contributed by atoms with Gasteiger partial charge in [0.05, 0.1) is 4.90 Å². The maximum absolute atomic E-state index is 12.9. The molecular weight excluding hydrogens is 309 g/mol. The zero-order chi connectivity index (χ0) is 16.2. The number of nitrogens with one attached hydrogen (secondary N) is 1. The van der Waals surface area contributed by atoms with Crippen LogP contribution in [0.1, 0.15) is 13.3 Å². The smallest absolute Gasteiger partial charge is 0.317 e. The molecule has 1 fully saturated rings. The molecule has 1 heterocycles. The van der Waals surface area contributed by atoms with E-state index in [2.05, 4.69) is 5.32 Å². The van der Waals surface area contributed by atoms with Gasteiger partial charge in [0, 0.05) is 32.7 Å². The number of nitrogens with zero attached hydrogens (tertiary/aromatic N) is 2. The van der Waals surface area contributed by atoms with Crippen molar-refractivity contribution in [3.63, 3.8) is 0 Å². The first kappa shape index (κ1) is 16.7. The maximum atomic E-state index is 12.9. The Bertz CT molecular complexity index is 611. The summed E-state index contributed by atoms with van der Waals surface area (Å²) in [6.07, 6.45) is 0.852. The lowest BCUT2D eigenvalue weighted by molar-refractivity contribution is 0.172. The van der Waals surface area contributed by atoms with Crippen LogP contribution in [0, 0.1) is 5.82 Å². The summed E-state index contributed by atoms with van der Waals surface area (Å²) < 4.78 is 39.1. The molecule has 0 spiro atoms. The van der Waals surface area contributed by atoms with Crippen LogP contribution in [0.4, 0.5) is 9.18 Å². The first-order valence-corrected chi connectivity index (χ1v) is 8.67. The van der Waals surface area contributed by atoms with Crippen molar-refractivity contribution in [3.05, 3.63) is 30.1 Å². The minimum atomic E-state index is -3.64. The molecule has 0 atom stereocenters. The SMILES string of the molecule is CCCNC(=O)N1CCN(S(=O)(=O)c2ccc(F)cc2)CC1. The number of benzene rings is 1. The monoisotopic (exact) mass is 329 g/mol. The molecule has 8 heteroatoms. The molecule has 1 aromatic carbocycles. The van der Waals surface area contributed by atoms with Gasteiger partial charge in [-0.15, -0.1) is 0 Å². The fourth-order valence-electron chi connectivity index (χ4n) is 2.23. The predicted octanol–water partition coefficient (Wildman–Crippen LogP) is 1.25. The number of piperazine rings is 1. The first-order chi connectivity index (χ1) is 10.4. The van der Waals surface area contributed by atoms with Crippen LogP contribution in [0.15, 0.2) is 29.2 Å². The summed E-state index contributed by atoms with van der Waals surface area (Å²) >= 11 is 0. The summed E-state index contributed by atoms with van der Waals surface area (Å²) in [5, 5.41) is 2.77. The Hall–Kier alpha value is -1.67. The van der Waals surface area contributed by atoms with Gasteiger partial charge in [0.25, 0.3) is 0 Å². The van der Waals surface area contributed by atoms with E-state index in [9.17, 15) is 17.6 Å². The Labute approximate surface area is 130 Å². The molecule has 6 nitrogen and oxygen atoms in total. The fourth-order valence-corrected chi connectivity index (χ4v) is 3.65. The van der Waals surface area contributed by atoms with Gasteiger partial charge in [-0.3, -0.25) is 0 Å². The Kier molecular flexibility index (Phi) is 5.36. The molecule has 1 aliphatic heterocycles. The summed E-state index contributed by atoms with van der Waals surface area (Å²) in [6, 6.07) is 4.60. The number of hydrogen-bond donors (Lipinski definition) is 1. The molecule has 1 N–H and O–H groups in total. The summed E-state index contributed by atoms with van der Waals surface area (Å²) in [7, 11) is -3.64. The van der Waals surface area contributed by atoms with E-state index in [1.165, 1.54) is 16.4 Å². The van der Waals surface area contributed by atoms with Gasteiger partial charge >= 0.3 is 6.03 Å². The summed E-state index contributed by atoms with van der Waals surface area (Å²) in [5.41, 5.74) is 0. The number of sulfonamides is 1. The van der Waals surface area contributed by atoms with Crippen LogP contribution < -0.4 is 5.32 Å². The van der Waals surface area contributed by atoms with Gasteiger partial charge in [0.2, 0.25) is 10.0 Å². The third-order valence-corrected chi connectivity index (χ3v) is 5.42. The van der Waals surface area contributed by atoms with Crippen molar-refractivity contribution in [2.45, 2.75) is 18.2 Å². The average molecular weight is 329 g/mol. The van der Waals surface area contributed by atoms with Crippen LogP contribution in [0.25, 0.3) is 0 Å². The van der Waals surface area contributed by atoms with Gasteiger partial charge in [-0.25, -0.2) is 17.6 Å². The highest BCUT2D eigenvalue weighted by molar-refractivity contribution is 7.89. The second-order valence-electron chi connectivity index (χ2n) is 5.08. The van der Waals surface area contributed by atoms with Crippen molar-refractivity contribution in [1.29, 1.82) is 0 Å². The lowest BCUT2D eigenvalue weighted by Crippen LogP contribution is -2.53. The largest absolute Gasteiger partial charge is 0.338 e. The van der Waals surface area contributed by atoms with E-state index in [0.29, 0.717) is 19.6 Å². The van der Waals surface area contributed by atoms with Gasteiger partial charge in [0.1, 0.15) is 5.82 Å². The molecule has 122 valence electrons. The van der Waals surface area contributed by atoms with Crippen LogP contribution in [-0.4, -0.2) is 56.4 Å². The van der Waals surface area contributed by atoms with Crippen LogP contribution in [-0.2, 0) is 10.0 Å². The fraction of sp³-hybridized carbons (Fsp3) is 0.500. The van der Waals surface area contributed by atoms with E-state index in [1.807, 2.05) is 6.92 Å². The molecule has 0 bridgehead atoms. The molecule has 0 saturated carbocycles. The summed E-state index contributed by atoms with van der Waals surface area (Å²) in [4.78, 5) is 13.5. The van der Waals surface area contributed by atoms with E-state index in [-0.39, 0.29) is 24.0 Å². The highest BCUT2D eigenvalue weighted by Crippen LogP contribution is 2.18. The first-order valence-electron chi connectivity index (χ1n) is 7.23. The maximum Gasteiger partial charge on any atom is 0.317 e. The van der Waals surface area contributed by atoms with Crippen LogP contribution >= 0.6 is 0 Å². The van der Waals surface area contributed by atoms with Crippen LogP contribution in [0.2, 0.25) is 0 Å². The molecule has 1 aromatic rings. The molecule has 0 aromatic heterocycles. The Morgan fingerprint density at radius 3 is 2.32 bits per heavy atom. The molecule has 0 unspecified atom stereocenters. The Morgan fingerprint density at radius 2 is 1.77 bits per heavy atom. The number of halogens is 1.